The average molecular weight is 394 g/mol. The van der Waals surface area contributed by atoms with Crippen LogP contribution in [0.2, 0.25) is 0 Å². The molecular weight excluding hydrogens is 373 g/mol. The third-order valence-electron chi connectivity index (χ3n) is 4.43. The van der Waals surface area contributed by atoms with Crippen molar-refractivity contribution in [1.29, 1.82) is 0 Å². The highest BCUT2D eigenvalue weighted by molar-refractivity contribution is 5.73. The molecule has 2 heterocycles. The second-order valence-corrected chi connectivity index (χ2v) is 6.69. The largest absolute Gasteiger partial charge is 0.573 e. The normalized spacial score (nSPS) is 15.4. The monoisotopic (exact) mass is 394 g/mol. The average Bonchev–Trinajstić information content (AvgIpc) is 2.60. The van der Waals surface area contributed by atoms with Crippen LogP contribution >= 0.6 is 0 Å². The van der Waals surface area contributed by atoms with Gasteiger partial charge in [-0.2, -0.15) is 0 Å². The maximum atomic E-state index is 12.3. The van der Waals surface area contributed by atoms with E-state index in [0.29, 0.717) is 17.1 Å². The number of rotatable bonds is 4. The molecule has 1 amide bonds. The van der Waals surface area contributed by atoms with Crippen molar-refractivity contribution in [2.24, 2.45) is 0 Å². The molecule has 150 valence electrons. The molecule has 1 aliphatic heterocycles. The fourth-order valence-electron chi connectivity index (χ4n) is 3.23. The van der Waals surface area contributed by atoms with Gasteiger partial charge >= 0.3 is 6.36 Å². The van der Waals surface area contributed by atoms with Crippen molar-refractivity contribution in [3.63, 3.8) is 0 Å². The number of aryl methyl sites for hydroxylation is 1. The van der Waals surface area contributed by atoms with Gasteiger partial charge in [-0.25, -0.2) is 9.97 Å². The number of halogens is 3. The third-order valence-corrected chi connectivity index (χ3v) is 4.43. The van der Waals surface area contributed by atoms with E-state index in [0.717, 1.165) is 31.7 Å². The second-order valence-electron chi connectivity index (χ2n) is 6.69. The van der Waals surface area contributed by atoms with E-state index >= 15 is 0 Å². The first-order valence-electron chi connectivity index (χ1n) is 8.93. The van der Waals surface area contributed by atoms with Gasteiger partial charge in [-0.1, -0.05) is 0 Å². The number of carbonyl (C=O) groups excluding carboxylic acids is 1. The lowest BCUT2D eigenvalue weighted by atomic mass is 10.0. The molecule has 3 rings (SSSR count). The summed E-state index contributed by atoms with van der Waals surface area (Å²) in [6, 6.07) is 7.59. The maximum absolute atomic E-state index is 12.3. The topological polar surface area (TPSA) is 67.4 Å². The summed E-state index contributed by atoms with van der Waals surface area (Å²) < 4.78 is 40.8. The zero-order valence-corrected chi connectivity index (χ0v) is 15.6. The lowest BCUT2D eigenvalue weighted by Gasteiger charge is -2.33. The number of carbonyl (C=O) groups is 1. The molecule has 0 atom stereocenters. The molecule has 1 aromatic heterocycles. The summed E-state index contributed by atoms with van der Waals surface area (Å²) in [5, 5.41) is 2.93. The summed E-state index contributed by atoms with van der Waals surface area (Å²) in [4.78, 5) is 22.2. The van der Waals surface area contributed by atoms with Gasteiger partial charge in [0.25, 0.3) is 0 Å². The smallest absolute Gasteiger partial charge is 0.406 e. The van der Waals surface area contributed by atoms with Crippen LogP contribution in [0.15, 0.2) is 30.3 Å². The van der Waals surface area contributed by atoms with Gasteiger partial charge in [-0.05, 0) is 44.0 Å². The van der Waals surface area contributed by atoms with Crippen molar-refractivity contribution in [2.45, 2.75) is 39.1 Å². The maximum Gasteiger partial charge on any atom is 0.573 e. The minimum absolute atomic E-state index is 0.0310. The van der Waals surface area contributed by atoms with Gasteiger partial charge < -0.3 is 15.0 Å². The Kier molecular flexibility index (Phi) is 5.71. The number of ether oxygens (including phenoxy) is 1. The number of benzene rings is 1. The van der Waals surface area contributed by atoms with E-state index < -0.39 is 6.36 Å². The quantitative estimate of drug-likeness (QED) is 0.860. The third kappa shape index (κ3) is 5.34. The summed E-state index contributed by atoms with van der Waals surface area (Å²) in [6.45, 7) is 4.79. The molecule has 1 aliphatic rings. The summed E-state index contributed by atoms with van der Waals surface area (Å²) in [5.74, 6) is 1.03. The number of hydrogen-bond acceptors (Lipinski definition) is 5. The lowest BCUT2D eigenvalue weighted by molar-refractivity contribution is -0.274. The Hall–Kier alpha value is -2.84. The summed E-state index contributed by atoms with van der Waals surface area (Å²) in [7, 11) is 0. The molecule has 28 heavy (non-hydrogen) atoms. The fourth-order valence-corrected chi connectivity index (χ4v) is 3.23. The van der Waals surface area contributed by atoms with Gasteiger partial charge in [0.1, 0.15) is 17.4 Å². The molecule has 1 N–H and O–H groups in total. The molecule has 6 nitrogen and oxygen atoms in total. The molecule has 0 aliphatic carbocycles. The Morgan fingerprint density at radius 3 is 2.39 bits per heavy atom. The summed E-state index contributed by atoms with van der Waals surface area (Å²) >= 11 is 0. The van der Waals surface area contributed by atoms with Crippen LogP contribution in [0.25, 0.3) is 11.3 Å². The van der Waals surface area contributed by atoms with Gasteiger partial charge in [-0.15, -0.1) is 13.2 Å². The minimum Gasteiger partial charge on any atom is -0.406 e. The molecule has 1 fully saturated rings. The van der Waals surface area contributed by atoms with Crippen LogP contribution in [0, 0.1) is 6.92 Å². The zero-order chi connectivity index (χ0) is 20.3. The van der Waals surface area contributed by atoms with Crippen molar-refractivity contribution in [1.82, 2.24) is 15.3 Å². The molecule has 0 spiro atoms. The van der Waals surface area contributed by atoms with E-state index in [1.54, 1.807) is 6.92 Å². The molecular formula is C19H21F3N4O2. The number of piperidine rings is 1. The van der Waals surface area contributed by atoms with Crippen LogP contribution in [0.3, 0.4) is 0 Å². The number of aromatic nitrogens is 2. The molecule has 2 aromatic rings. The Bertz CT molecular complexity index is 832. The van der Waals surface area contributed by atoms with Gasteiger partial charge in [0, 0.05) is 37.7 Å². The van der Waals surface area contributed by atoms with Crippen molar-refractivity contribution >= 4 is 11.7 Å². The van der Waals surface area contributed by atoms with Gasteiger partial charge in [0.15, 0.2) is 0 Å². The number of nitrogens with zero attached hydrogens (tertiary/aromatic N) is 3. The number of anilines is 1. The van der Waals surface area contributed by atoms with E-state index in [2.05, 4.69) is 24.9 Å². The SMILES string of the molecule is CC(=O)NC1CCN(c2cc(-c3ccc(OC(F)(F)F)cc3)nc(C)n2)CC1. The predicted octanol–water partition coefficient (Wildman–Crippen LogP) is 3.46. The highest BCUT2D eigenvalue weighted by atomic mass is 19.4. The van der Waals surface area contributed by atoms with E-state index in [-0.39, 0.29) is 17.7 Å². The van der Waals surface area contributed by atoms with Crippen LogP contribution in [0.1, 0.15) is 25.6 Å². The molecule has 0 radical (unpaired) electrons. The molecule has 0 bridgehead atoms. The van der Waals surface area contributed by atoms with Crippen LogP contribution in [-0.2, 0) is 4.79 Å². The highest BCUT2D eigenvalue weighted by Crippen LogP contribution is 2.28. The molecule has 1 saturated heterocycles. The van der Waals surface area contributed by atoms with Crippen LogP contribution < -0.4 is 15.0 Å². The van der Waals surface area contributed by atoms with Crippen molar-refractivity contribution < 1.29 is 22.7 Å². The number of nitrogens with one attached hydrogen (secondary N) is 1. The van der Waals surface area contributed by atoms with E-state index in [1.807, 2.05) is 6.07 Å². The van der Waals surface area contributed by atoms with Crippen molar-refractivity contribution in [2.75, 3.05) is 18.0 Å². The van der Waals surface area contributed by atoms with Gasteiger partial charge in [0.2, 0.25) is 5.91 Å². The number of alkyl halides is 3. The van der Waals surface area contributed by atoms with Gasteiger partial charge in [-0.3, -0.25) is 4.79 Å². The van der Waals surface area contributed by atoms with Crippen molar-refractivity contribution in [3.05, 3.63) is 36.2 Å². The molecule has 9 heteroatoms. The first-order valence-corrected chi connectivity index (χ1v) is 8.93. The molecule has 0 saturated carbocycles. The number of amides is 1. The number of hydrogen-bond donors (Lipinski definition) is 1. The predicted molar refractivity (Wildman–Crippen MR) is 97.9 cm³/mol. The minimum atomic E-state index is -4.72. The van der Waals surface area contributed by atoms with E-state index in [1.165, 1.54) is 31.2 Å². The summed E-state index contributed by atoms with van der Waals surface area (Å²) in [6.07, 6.45) is -3.08. The Labute approximate surface area is 160 Å². The lowest BCUT2D eigenvalue weighted by Crippen LogP contribution is -2.44. The highest BCUT2D eigenvalue weighted by Gasteiger charge is 2.31. The van der Waals surface area contributed by atoms with Crippen molar-refractivity contribution in [3.8, 4) is 17.0 Å². The van der Waals surface area contributed by atoms with Crippen LogP contribution in [-0.4, -0.2) is 41.4 Å². The van der Waals surface area contributed by atoms with Crippen LogP contribution in [0.5, 0.6) is 5.75 Å². The molecule has 0 unspecified atom stereocenters. The Balaban J connectivity index is 1.74. The zero-order valence-electron chi connectivity index (χ0n) is 15.6. The second kappa shape index (κ2) is 8.04. The fraction of sp³-hybridized carbons (Fsp3) is 0.421. The summed E-state index contributed by atoms with van der Waals surface area (Å²) in [5.41, 5.74) is 1.31. The standard InChI is InChI=1S/C19H21F3N4O2/c1-12-23-17(14-3-5-16(6-4-14)28-19(20,21)22)11-18(24-12)26-9-7-15(8-10-26)25-13(2)27/h3-6,11,15H,7-10H2,1-2H3,(H,25,27). The van der Waals surface area contributed by atoms with E-state index in [4.69, 9.17) is 0 Å². The Morgan fingerprint density at radius 2 is 1.82 bits per heavy atom. The van der Waals surface area contributed by atoms with Crippen LogP contribution in [0.4, 0.5) is 19.0 Å². The molecule has 1 aromatic carbocycles. The van der Waals surface area contributed by atoms with Gasteiger partial charge in [0.05, 0.1) is 5.69 Å². The first-order chi connectivity index (χ1) is 13.2. The first kappa shape index (κ1) is 19.9. The Morgan fingerprint density at radius 1 is 1.18 bits per heavy atom. The van der Waals surface area contributed by atoms with E-state index in [9.17, 15) is 18.0 Å².